The van der Waals surface area contributed by atoms with E-state index in [2.05, 4.69) is 11.6 Å². The molecular formula is C24H24N3O4S+. The van der Waals surface area contributed by atoms with Gasteiger partial charge in [-0.25, -0.2) is 4.57 Å². The van der Waals surface area contributed by atoms with Crippen LogP contribution in [0, 0.1) is 0 Å². The van der Waals surface area contributed by atoms with Crippen LogP contribution in [-0.4, -0.2) is 39.8 Å². The predicted octanol–water partition coefficient (Wildman–Crippen LogP) is 3.60. The Balaban J connectivity index is 1.67. The van der Waals surface area contributed by atoms with Gasteiger partial charge in [0.25, 0.3) is 5.91 Å². The fourth-order valence-corrected chi connectivity index (χ4v) is 4.49. The van der Waals surface area contributed by atoms with E-state index < -0.39 is 17.7 Å². The highest BCUT2D eigenvalue weighted by molar-refractivity contribution is 7.12. The van der Waals surface area contributed by atoms with Crippen molar-refractivity contribution in [2.45, 2.75) is 19.0 Å². The lowest BCUT2D eigenvalue weighted by molar-refractivity contribution is -0.695. The lowest BCUT2D eigenvalue weighted by Crippen LogP contribution is -2.36. The maximum absolute atomic E-state index is 13.3. The van der Waals surface area contributed by atoms with Gasteiger partial charge in [0.15, 0.2) is 5.76 Å². The van der Waals surface area contributed by atoms with E-state index in [0.29, 0.717) is 42.3 Å². The predicted molar refractivity (Wildman–Crippen MR) is 120 cm³/mol. The molecule has 0 aliphatic carbocycles. The molecule has 7 nitrogen and oxygen atoms in total. The molecule has 32 heavy (non-hydrogen) atoms. The first-order chi connectivity index (χ1) is 15.6. The van der Waals surface area contributed by atoms with Crippen LogP contribution in [0.2, 0.25) is 0 Å². The number of amides is 1. The smallest absolute Gasteiger partial charge is 0.290 e. The summed E-state index contributed by atoms with van der Waals surface area (Å²) in [6, 6.07) is 10.0. The largest absolute Gasteiger partial charge is 0.503 e. The number of aliphatic hydroxyl groups is 1. The van der Waals surface area contributed by atoms with Gasteiger partial charge in [-0.05, 0) is 29.1 Å². The number of carbonyl (C=O) groups excluding carboxylic acids is 2. The molecule has 2 aromatic heterocycles. The average Bonchev–Trinajstić information content (AvgIpc) is 3.56. The molecule has 3 aromatic rings. The molecule has 8 heteroatoms. The summed E-state index contributed by atoms with van der Waals surface area (Å²) in [5.74, 6) is -0.755. The second kappa shape index (κ2) is 9.65. The lowest BCUT2D eigenvalue weighted by atomic mass is 9.95. The Morgan fingerprint density at radius 2 is 2.22 bits per heavy atom. The summed E-state index contributed by atoms with van der Waals surface area (Å²) >= 11 is 1.28. The van der Waals surface area contributed by atoms with Crippen LogP contribution < -0.4 is 9.30 Å². The Morgan fingerprint density at radius 3 is 2.94 bits per heavy atom. The summed E-state index contributed by atoms with van der Waals surface area (Å²) in [6.45, 7) is 5.07. The lowest BCUT2D eigenvalue weighted by Gasteiger charge is -2.27. The van der Waals surface area contributed by atoms with E-state index in [0.717, 1.165) is 0 Å². The summed E-state index contributed by atoms with van der Waals surface area (Å²) in [7, 11) is 0. The van der Waals surface area contributed by atoms with E-state index in [1.807, 2.05) is 35.4 Å². The van der Waals surface area contributed by atoms with Crippen LogP contribution in [0.4, 0.5) is 0 Å². The Labute approximate surface area is 189 Å². The zero-order valence-corrected chi connectivity index (χ0v) is 18.3. The molecule has 1 aliphatic heterocycles. The zero-order valence-electron chi connectivity index (χ0n) is 17.4. The molecule has 0 saturated carbocycles. The number of aromatic amines is 1. The molecular weight excluding hydrogens is 426 g/mol. The van der Waals surface area contributed by atoms with Crippen molar-refractivity contribution in [3.8, 4) is 5.75 Å². The summed E-state index contributed by atoms with van der Waals surface area (Å²) in [5, 5.41) is 12.5. The van der Waals surface area contributed by atoms with E-state index in [4.69, 9.17) is 4.74 Å². The molecule has 0 radical (unpaired) electrons. The van der Waals surface area contributed by atoms with Crippen LogP contribution in [0.1, 0.15) is 27.7 Å². The number of carbonyl (C=O) groups is 2. The second-order valence-electron chi connectivity index (χ2n) is 7.34. The molecule has 164 valence electrons. The van der Waals surface area contributed by atoms with Crippen molar-refractivity contribution in [1.29, 1.82) is 0 Å². The number of imidazole rings is 1. The molecule has 2 N–H and O–H groups in total. The Morgan fingerprint density at radius 1 is 1.34 bits per heavy atom. The van der Waals surface area contributed by atoms with Gasteiger partial charge in [0.05, 0.1) is 23.0 Å². The van der Waals surface area contributed by atoms with Crippen molar-refractivity contribution in [2.75, 3.05) is 13.2 Å². The molecule has 0 saturated heterocycles. The quantitative estimate of drug-likeness (QED) is 0.281. The Bertz CT molecular complexity index is 1140. The number of aryl methyl sites for hydroxylation is 1. The number of nitrogens with zero attached hydrogens (tertiary/aromatic N) is 2. The second-order valence-corrected chi connectivity index (χ2v) is 8.29. The SMILES string of the molecule is C=CCOc1cccc(C2C(C(=O)c3cccs3)=C(O)C(=O)N2CCC[n+]2cc[nH]c2)c1. The number of ether oxygens (including phenoxy) is 1. The molecule has 0 spiro atoms. The highest BCUT2D eigenvalue weighted by atomic mass is 32.1. The first-order valence-electron chi connectivity index (χ1n) is 10.3. The van der Waals surface area contributed by atoms with Gasteiger partial charge >= 0.3 is 0 Å². The summed E-state index contributed by atoms with van der Waals surface area (Å²) in [5.41, 5.74) is 0.811. The number of Topliss-reactive ketones (excluding diaryl/α,β-unsaturated/α-hetero) is 1. The van der Waals surface area contributed by atoms with Crippen LogP contribution in [0.3, 0.4) is 0 Å². The van der Waals surface area contributed by atoms with Crippen molar-refractivity contribution in [3.05, 3.63) is 94.9 Å². The molecule has 1 aliphatic rings. The first kappa shape index (κ1) is 21.6. The molecule has 1 amide bonds. The van der Waals surface area contributed by atoms with Crippen LogP contribution in [0.5, 0.6) is 5.75 Å². The van der Waals surface area contributed by atoms with Crippen molar-refractivity contribution >= 4 is 23.0 Å². The van der Waals surface area contributed by atoms with Crippen molar-refractivity contribution in [3.63, 3.8) is 0 Å². The minimum absolute atomic E-state index is 0.104. The topological polar surface area (TPSA) is 86.5 Å². The number of nitrogens with one attached hydrogen (secondary N) is 1. The number of thiophene rings is 1. The summed E-state index contributed by atoms with van der Waals surface area (Å²) in [4.78, 5) is 31.3. The minimum atomic E-state index is -0.694. The Hall–Kier alpha value is -3.65. The normalized spacial score (nSPS) is 15.9. The van der Waals surface area contributed by atoms with Gasteiger partial charge in [0.2, 0.25) is 12.1 Å². The fourth-order valence-electron chi connectivity index (χ4n) is 3.82. The van der Waals surface area contributed by atoms with Gasteiger partial charge in [-0.15, -0.1) is 11.3 Å². The molecule has 0 fully saturated rings. The molecule has 3 heterocycles. The van der Waals surface area contributed by atoms with Gasteiger partial charge in [-0.1, -0.05) is 30.9 Å². The number of hydrogen-bond acceptors (Lipinski definition) is 5. The summed E-state index contributed by atoms with van der Waals surface area (Å²) < 4.78 is 7.63. The van der Waals surface area contributed by atoms with Crippen LogP contribution in [0.15, 0.2) is 84.5 Å². The monoisotopic (exact) mass is 450 g/mol. The number of rotatable bonds is 10. The van der Waals surface area contributed by atoms with Crippen LogP contribution in [-0.2, 0) is 11.3 Å². The minimum Gasteiger partial charge on any atom is -0.503 e. The standard InChI is InChI=1S/C24H23N3O4S/c1-2-13-31-18-7-3-6-17(15-18)21-20(22(28)19-8-4-14-32-19)23(29)24(30)27(21)11-5-10-26-12-9-25-16-26/h2-4,6-9,12,14-16,21H,1,5,10-11,13H2,(H,28,29)/p+1. The molecule has 0 bridgehead atoms. The number of aromatic nitrogens is 2. The van der Waals surface area contributed by atoms with Gasteiger partial charge in [0, 0.05) is 13.0 Å². The van der Waals surface area contributed by atoms with Gasteiger partial charge in [0.1, 0.15) is 24.8 Å². The van der Waals surface area contributed by atoms with E-state index in [1.165, 1.54) is 11.3 Å². The maximum Gasteiger partial charge on any atom is 0.290 e. The van der Waals surface area contributed by atoms with E-state index in [1.54, 1.807) is 40.6 Å². The number of H-pyrrole nitrogens is 1. The number of ketones is 1. The third kappa shape index (κ3) is 4.36. The van der Waals surface area contributed by atoms with E-state index in [-0.39, 0.29) is 11.4 Å². The highest BCUT2D eigenvalue weighted by Gasteiger charge is 2.43. The first-order valence-corrected chi connectivity index (χ1v) is 11.2. The van der Waals surface area contributed by atoms with Crippen molar-refractivity contribution in [1.82, 2.24) is 9.88 Å². The maximum atomic E-state index is 13.3. The van der Waals surface area contributed by atoms with Crippen LogP contribution in [0.25, 0.3) is 0 Å². The number of hydrogen-bond donors (Lipinski definition) is 2. The fraction of sp³-hybridized carbons (Fsp3) is 0.208. The van der Waals surface area contributed by atoms with Crippen molar-refractivity contribution in [2.24, 2.45) is 0 Å². The highest BCUT2D eigenvalue weighted by Crippen LogP contribution is 2.40. The van der Waals surface area contributed by atoms with E-state index in [9.17, 15) is 14.7 Å². The van der Waals surface area contributed by atoms with Gasteiger partial charge < -0.3 is 14.7 Å². The van der Waals surface area contributed by atoms with Gasteiger partial charge in [-0.2, -0.15) is 0 Å². The zero-order chi connectivity index (χ0) is 22.5. The molecule has 1 atom stereocenters. The third-order valence-corrected chi connectivity index (χ3v) is 6.12. The number of benzene rings is 1. The molecule has 1 unspecified atom stereocenters. The Kier molecular flexibility index (Phi) is 6.51. The molecule has 4 rings (SSSR count). The van der Waals surface area contributed by atoms with Crippen molar-refractivity contribution < 1.29 is 24.0 Å². The number of aliphatic hydroxyl groups excluding tert-OH is 1. The average molecular weight is 451 g/mol. The third-order valence-electron chi connectivity index (χ3n) is 5.25. The van der Waals surface area contributed by atoms with Gasteiger partial charge in [-0.3, -0.25) is 14.6 Å². The van der Waals surface area contributed by atoms with E-state index >= 15 is 0 Å². The molecule has 1 aromatic carbocycles. The van der Waals surface area contributed by atoms with Crippen LogP contribution >= 0.6 is 11.3 Å². The summed E-state index contributed by atoms with van der Waals surface area (Å²) in [6.07, 6.45) is 7.87.